The highest BCUT2D eigenvalue weighted by Crippen LogP contribution is 2.25. The fourth-order valence-electron chi connectivity index (χ4n) is 1.06. The van der Waals surface area contributed by atoms with E-state index in [1.54, 1.807) is 0 Å². The number of sulfonamides is 1. The van der Waals surface area contributed by atoms with Gasteiger partial charge in [0.2, 0.25) is 10.0 Å². The Kier molecular flexibility index (Phi) is 3.38. The summed E-state index contributed by atoms with van der Waals surface area (Å²) in [6.45, 7) is 0. The van der Waals surface area contributed by atoms with E-state index in [-0.39, 0.29) is 17.0 Å². The second-order valence-corrected chi connectivity index (χ2v) is 4.85. The van der Waals surface area contributed by atoms with Gasteiger partial charge in [-0.2, -0.15) is 0 Å². The maximum absolute atomic E-state index is 11.1. The summed E-state index contributed by atoms with van der Waals surface area (Å²) in [5.74, 6) is -0.950. The Bertz CT molecular complexity index is 509. The van der Waals surface area contributed by atoms with Gasteiger partial charge in [0.1, 0.15) is 5.75 Å². The number of methoxy groups -OCH3 is 1. The highest BCUT2D eigenvalue weighted by molar-refractivity contribution is 7.92. The second kappa shape index (κ2) is 4.40. The second-order valence-electron chi connectivity index (χ2n) is 3.10. The first-order valence-corrected chi connectivity index (χ1v) is 6.12. The van der Waals surface area contributed by atoms with E-state index in [1.807, 2.05) is 0 Å². The molecule has 0 fully saturated rings. The molecule has 6 nitrogen and oxygen atoms in total. The van der Waals surface area contributed by atoms with Gasteiger partial charge in [0.15, 0.2) is 0 Å². The van der Waals surface area contributed by atoms with Gasteiger partial charge >= 0.3 is 5.97 Å². The molecule has 0 heterocycles. The third-order valence-electron chi connectivity index (χ3n) is 1.71. The first-order chi connectivity index (χ1) is 7.33. The van der Waals surface area contributed by atoms with Crippen LogP contribution < -0.4 is 4.72 Å². The van der Waals surface area contributed by atoms with Gasteiger partial charge in [-0.25, -0.2) is 13.2 Å². The maximum Gasteiger partial charge on any atom is 0.337 e. The molecular formula is C9H11NO5S. The Labute approximate surface area is 92.9 Å². The topological polar surface area (TPSA) is 92.7 Å². The molecule has 16 heavy (non-hydrogen) atoms. The quantitative estimate of drug-likeness (QED) is 0.599. The highest BCUT2D eigenvalue weighted by atomic mass is 32.2. The zero-order chi connectivity index (χ0) is 12.3. The first-order valence-electron chi connectivity index (χ1n) is 4.22. The average Bonchev–Trinajstić information content (AvgIpc) is 2.18. The molecule has 0 radical (unpaired) electrons. The summed E-state index contributed by atoms with van der Waals surface area (Å²) in [7, 11) is -2.25. The number of esters is 1. The van der Waals surface area contributed by atoms with E-state index < -0.39 is 16.0 Å². The molecule has 1 aromatic carbocycles. The van der Waals surface area contributed by atoms with Crippen molar-refractivity contribution in [3.8, 4) is 5.75 Å². The number of phenols is 1. The highest BCUT2D eigenvalue weighted by Gasteiger charge is 2.11. The summed E-state index contributed by atoms with van der Waals surface area (Å²) in [4.78, 5) is 11.1. The minimum absolute atomic E-state index is 0.00940. The smallest absolute Gasteiger partial charge is 0.337 e. The summed E-state index contributed by atoms with van der Waals surface area (Å²) in [6, 6.07) is 3.75. The molecule has 1 aromatic rings. The summed E-state index contributed by atoms with van der Waals surface area (Å²) in [5, 5.41) is 9.46. The van der Waals surface area contributed by atoms with Gasteiger partial charge in [-0.05, 0) is 18.2 Å². The third-order valence-corrected chi connectivity index (χ3v) is 2.30. The van der Waals surface area contributed by atoms with Gasteiger partial charge in [-0.15, -0.1) is 0 Å². The molecule has 0 spiro atoms. The Morgan fingerprint density at radius 3 is 2.50 bits per heavy atom. The van der Waals surface area contributed by atoms with Crippen LogP contribution in [0.1, 0.15) is 10.4 Å². The Hall–Kier alpha value is -1.76. The number of carbonyl (C=O) groups is 1. The van der Waals surface area contributed by atoms with Crippen LogP contribution >= 0.6 is 0 Å². The summed E-state index contributed by atoms with van der Waals surface area (Å²) < 4.78 is 28.4. The van der Waals surface area contributed by atoms with Crippen LogP contribution in [0, 0.1) is 0 Å². The van der Waals surface area contributed by atoms with Gasteiger partial charge in [0, 0.05) is 0 Å². The monoisotopic (exact) mass is 245 g/mol. The molecule has 0 saturated carbocycles. The van der Waals surface area contributed by atoms with Crippen LogP contribution in [0.5, 0.6) is 5.75 Å². The van der Waals surface area contributed by atoms with Crippen LogP contribution in [0.15, 0.2) is 18.2 Å². The van der Waals surface area contributed by atoms with E-state index in [1.165, 1.54) is 19.2 Å². The fraction of sp³-hybridized carbons (Fsp3) is 0.222. The molecule has 0 unspecified atom stereocenters. The lowest BCUT2D eigenvalue weighted by atomic mass is 10.2. The van der Waals surface area contributed by atoms with Crippen LogP contribution in [0.2, 0.25) is 0 Å². The predicted octanol–water partition coefficient (Wildman–Crippen LogP) is 0.550. The van der Waals surface area contributed by atoms with Crippen molar-refractivity contribution in [1.29, 1.82) is 0 Å². The van der Waals surface area contributed by atoms with Crippen molar-refractivity contribution in [1.82, 2.24) is 0 Å². The lowest BCUT2D eigenvalue weighted by molar-refractivity contribution is 0.0600. The van der Waals surface area contributed by atoms with Crippen LogP contribution in [0.3, 0.4) is 0 Å². The molecule has 1 rings (SSSR count). The zero-order valence-corrected chi connectivity index (χ0v) is 9.54. The maximum atomic E-state index is 11.1. The fourth-order valence-corrected chi connectivity index (χ4v) is 1.63. The van der Waals surface area contributed by atoms with Gasteiger partial charge < -0.3 is 9.84 Å². The minimum atomic E-state index is -3.46. The van der Waals surface area contributed by atoms with Crippen molar-refractivity contribution in [2.24, 2.45) is 0 Å². The number of carbonyl (C=O) groups excluding carboxylic acids is 1. The van der Waals surface area contributed by atoms with Crippen molar-refractivity contribution in [3.63, 3.8) is 0 Å². The number of benzene rings is 1. The molecule has 0 aromatic heterocycles. The number of anilines is 1. The van der Waals surface area contributed by atoms with Crippen molar-refractivity contribution in [2.45, 2.75) is 0 Å². The molecule has 0 atom stereocenters. The lowest BCUT2D eigenvalue weighted by Crippen LogP contribution is -2.10. The van der Waals surface area contributed by atoms with Gasteiger partial charge in [-0.3, -0.25) is 4.72 Å². The van der Waals surface area contributed by atoms with Gasteiger partial charge in [0.25, 0.3) is 0 Å². The molecular weight excluding hydrogens is 234 g/mol. The van der Waals surface area contributed by atoms with E-state index >= 15 is 0 Å². The molecule has 2 N–H and O–H groups in total. The molecule has 0 aliphatic rings. The van der Waals surface area contributed by atoms with E-state index in [4.69, 9.17) is 0 Å². The molecule has 0 saturated heterocycles. The summed E-state index contributed by atoms with van der Waals surface area (Å²) in [6.07, 6.45) is 0.959. The van der Waals surface area contributed by atoms with Crippen LogP contribution in [0.4, 0.5) is 5.69 Å². The van der Waals surface area contributed by atoms with E-state index in [0.29, 0.717) is 0 Å². The molecule has 0 aliphatic carbocycles. The van der Waals surface area contributed by atoms with E-state index in [0.717, 1.165) is 12.3 Å². The number of hydrogen-bond donors (Lipinski definition) is 2. The zero-order valence-electron chi connectivity index (χ0n) is 8.72. The van der Waals surface area contributed by atoms with E-state index in [2.05, 4.69) is 9.46 Å². The predicted molar refractivity (Wildman–Crippen MR) is 57.9 cm³/mol. The molecule has 0 amide bonds. The Morgan fingerprint density at radius 2 is 2.06 bits per heavy atom. The van der Waals surface area contributed by atoms with E-state index in [9.17, 15) is 18.3 Å². The first kappa shape index (κ1) is 12.3. The number of hydrogen-bond acceptors (Lipinski definition) is 5. The van der Waals surface area contributed by atoms with Gasteiger partial charge in [0.05, 0.1) is 24.6 Å². The summed E-state index contributed by atoms with van der Waals surface area (Å²) >= 11 is 0. The standard InChI is InChI=1S/C9H11NO5S/c1-15-9(12)6-3-4-7(8(11)5-6)10-16(2,13)14/h3-5,10-11H,1-2H3. The number of nitrogens with one attached hydrogen (secondary N) is 1. The Balaban J connectivity index is 3.05. The minimum Gasteiger partial charge on any atom is -0.506 e. The lowest BCUT2D eigenvalue weighted by Gasteiger charge is -2.07. The van der Waals surface area contributed by atoms with Crippen LogP contribution in [0.25, 0.3) is 0 Å². The number of rotatable bonds is 3. The molecule has 0 aliphatic heterocycles. The number of phenolic OH excluding ortho intramolecular Hbond substituents is 1. The molecule has 0 bridgehead atoms. The van der Waals surface area contributed by atoms with Crippen LogP contribution in [-0.4, -0.2) is 32.9 Å². The SMILES string of the molecule is COC(=O)c1ccc(NS(C)(=O)=O)c(O)c1. The largest absolute Gasteiger partial charge is 0.506 e. The van der Waals surface area contributed by atoms with Crippen molar-refractivity contribution >= 4 is 21.7 Å². The Morgan fingerprint density at radius 1 is 1.44 bits per heavy atom. The van der Waals surface area contributed by atoms with Crippen molar-refractivity contribution in [2.75, 3.05) is 18.1 Å². The third kappa shape index (κ3) is 3.13. The summed E-state index contributed by atoms with van der Waals surface area (Å²) in [5.41, 5.74) is 0.147. The van der Waals surface area contributed by atoms with Crippen molar-refractivity contribution in [3.05, 3.63) is 23.8 Å². The normalized spacial score (nSPS) is 10.9. The van der Waals surface area contributed by atoms with Crippen molar-refractivity contribution < 1.29 is 23.1 Å². The number of aromatic hydroxyl groups is 1. The number of ether oxygens (including phenoxy) is 1. The molecule has 88 valence electrons. The van der Waals surface area contributed by atoms with Gasteiger partial charge in [-0.1, -0.05) is 0 Å². The molecule has 7 heteroatoms. The average molecular weight is 245 g/mol. The van der Waals surface area contributed by atoms with Crippen LogP contribution in [-0.2, 0) is 14.8 Å².